The van der Waals surface area contributed by atoms with Crippen molar-refractivity contribution in [2.24, 2.45) is 0 Å². The highest BCUT2D eigenvalue weighted by molar-refractivity contribution is 5.62. The third-order valence-corrected chi connectivity index (χ3v) is 9.57. The maximum absolute atomic E-state index is 6.51. The van der Waals surface area contributed by atoms with Crippen molar-refractivity contribution in [1.82, 2.24) is 0 Å². The van der Waals surface area contributed by atoms with E-state index in [1.807, 2.05) is 36.4 Å². The molecule has 0 aromatic heterocycles. The predicted molar refractivity (Wildman–Crippen MR) is 204 cm³/mol. The molecule has 0 saturated carbocycles. The van der Waals surface area contributed by atoms with Crippen LogP contribution >= 0.6 is 0 Å². The summed E-state index contributed by atoms with van der Waals surface area (Å²) in [5.41, 5.74) is 2.47. The molecule has 2 aliphatic rings. The smallest absolute Gasteiger partial charge is 0.237 e. The minimum atomic E-state index is -1.52. The summed E-state index contributed by atoms with van der Waals surface area (Å²) in [6, 6.07) is 18.1. The van der Waals surface area contributed by atoms with Crippen LogP contribution < -0.4 is 47.4 Å². The molecule has 302 valence electrons. The average molecular weight is 779 g/mol. The highest BCUT2D eigenvalue weighted by atomic mass is 16.7. The highest BCUT2D eigenvalue weighted by Crippen LogP contribution is 2.54. The van der Waals surface area contributed by atoms with E-state index in [4.69, 9.17) is 66.3 Å². The van der Waals surface area contributed by atoms with Crippen LogP contribution in [-0.2, 0) is 30.5 Å². The summed E-state index contributed by atoms with van der Waals surface area (Å²) in [7, 11) is 12.6. The molecule has 0 aliphatic carbocycles. The molecule has 4 aromatic carbocycles. The van der Waals surface area contributed by atoms with Gasteiger partial charge in [-0.3, -0.25) is 0 Å². The van der Waals surface area contributed by atoms with E-state index in [-0.39, 0.29) is 13.2 Å². The highest BCUT2D eigenvalue weighted by Gasteiger charge is 2.49. The van der Waals surface area contributed by atoms with Crippen LogP contribution in [0.3, 0.4) is 0 Å². The first-order valence-electron chi connectivity index (χ1n) is 18.1. The minimum absolute atomic E-state index is 0.177. The molecule has 0 bridgehead atoms. The molecule has 0 unspecified atom stereocenters. The summed E-state index contributed by atoms with van der Waals surface area (Å²) in [5, 5.41) is 0. The van der Waals surface area contributed by atoms with Crippen molar-refractivity contribution in [1.29, 1.82) is 0 Å². The first kappa shape index (κ1) is 40.4. The van der Waals surface area contributed by atoms with Gasteiger partial charge in [-0.1, -0.05) is 0 Å². The second kappa shape index (κ2) is 18.1. The third-order valence-electron chi connectivity index (χ3n) is 9.57. The summed E-state index contributed by atoms with van der Waals surface area (Å²) in [6.45, 7) is 2.16. The van der Waals surface area contributed by atoms with Gasteiger partial charge < -0.3 is 66.3 Å². The van der Waals surface area contributed by atoms with E-state index in [0.29, 0.717) is 101 Å². The van der Waals surface area contributed by atoms with Crippen molar-refractivity contribution < 1.29 is 66.3 Å². The van der Waals surface area contributed by atoms with Crippen molar-refractivity contribution in [3.05, 3.63) is 82.9 Å². The zero-order valence-electron chi connectivity index (χ0n) is 33.1. The lowest BCUT2D eigenvalue weighted by molar-refractivity contribution is -0.251. The molecular weight excluding hydrogens is 728 g/mol. The van der Waals surface area contributed by atoms with Gasteiger partial charge in [0.25, 0.3) is 0 Å². The molecule has 2 fully saturated rings. The minimum Gasteiger partial charge on any atom is -0.496 e. The van der Waals surface area contributed by atoms with Gasteiger partial charge in [0.1, 0.15) is 58.8 Å². The Kier molecular flexibility index (Phi) is 13.1. The first-order chi connectivity index (χ1) is 27.3. The van der Waals surface area contributed by atoms with E-state index in [1.165, 1.54) is 0 Å². The molecule has 0 N–H and O–H groups in total. The molecule has 0 atom stereocenters. The van der Waals surface area contributed by atoms with E-state index in [2.05, 4.69) is 0 Å². The Morgan fingerprint density at radius 1 is 0.393 bits per heavy atom. The van der Waals surface area contributed by atoms with Gasteiger partial charge in [-0.05, 0) is 49.2 Å². The Balaban J connectivity index is 1.24. The van der Waals surface area contributed by atoms with Crippen LogP contribution in [0.25, 0.3) is 0 Å². The maximum Gasteiger partial charge on any atom is 0.237 e. The molecule has 0 amide bonds. The van der Waals surface area contributed by atoms with Crippen LogP contribution in [0.1, 0.15) is 35.1 Å². The zero-order chi connectivity index (χ0) is 39.7. The van der Waals surface area contributed by atoms with Gasteiger partial charge in [-0.15, -0.1) is 0 Å². The Morgan fingerprint density at radius 2 is 0.786 bits per heavy atom. The topological polar surface area (TPSA) is 129 Å². The van der Waals surface area contributed by atoms with Crippen molar-refractivity contribution >= 4 is 0 Å². The van der Waals surface area contributed by atoms with Crippen LogP contribution in [0, 0.1) is 0 Å². The number of hydrogen-bond donors (Lipinski definition) is 0. The van der Waals surface area contributed by atoms with E-state index in [0.717, 1.165) is 17.5 Å². The second-order valence-corrected chi connectivity index (χ2v) is 12.6. The second-order valence-electron chi connectivity index (χ2n) is 12.6. The Bertz CT molecular complexity index is 1880. The van der Waals surface area contributed by atoms with Crippen LogP contribution in [0.15, 0.2) is 60.7 Å². The van der Waals surface area contributed by atoms with Gasteiger partial charge in [-0.25, -0.2) is 0 Å². The quantitative estimate of drug-likeness (QED) is 0.108. The molecular formula is C42H50O14. The van der Waals surface area contributed by atoms with Crippen molar-refractivity contribution in [3.8, 4) is 57.5 Å². The average Bonchev–Trinajstić information content (AvgIpc) is 3.26. The summed E-state index contributed by atoms with van der Waals surface area (Å²) in [4.78, 5) is 0. The van der Waals surface area contributed by atoms with Crippen LogP contribution in [0.5, 0.6) is 57.5 Å². The van der Waals surface area contributed by atoms with Gasteiger partial charge >= 0.3 is 0 Å². The SMILES string of the molecule is COc1cc(OC)c(C2(c3c(OC)cc(OCCOc4ccc(C5(c6ccc(OC)c(OC)c6)OCCCO5)cc4OC)cc3OC)OCCCO2)c(OC)c1. The molecule has 2 saturated heterocycles. The monoisotopic (exact) mass is 778 g/mol. The fourth-order valence-corrected chi connectivity index (χ4v) is 6.95. The molecule has 0 radical (unpaired) electrons. The van der Waals surface area contributed by atoms with Gasteiger partial charge in [0, 0.05) is 35.4 Å². The van der Waals surface area contributed by atoms with Crippen molar-refractivity contribution in [3.63, 3.8) is 0 Å². The van der Waals surface area contributed by atoms with Crippen LogP contribution in [0.2, 0.25) is 0 Å². The van der Waals surface area contributed by atoms with E-state index in [9.17, 15) is 0 Å². The third kappa shape index (κ3) is 7.74. The number of rotatable bonds is 17. The van der Waals surface area contributed by atoms with Gasteiger partial charge in [0.2, 0.25) is 11.6 Å². The molecule has 6 rings (SSSR count). The molecule has 14 nitrogen and oxygen atoms in total. The number of methoxy groups -OCH3 is 8. The Labute approximate surface area is 327 Å². The number of hydrogen-bond acceptors (Lipinski definition) is 14. The van der Waals surface area contributed by atoms with E-state index in [1.54, 1.807) is 81.1 Å². The molecule has 2 aliphatic heterocycles. The fraction of sp³-hybridized carbons (Fsp3) is 0.429. The molecule has 4 aromatic rings. The summed E-state index contributed by atoms with van der Waals surface area (Å²) >= 11 is 0. The maximum atomic E-state index is 6.51. The van der Waals surface area contributed by atoms with Crippen molar-refractivity contribution in [2.75, 3.05) is 96.5 Å². The fourth-order valence-electron chi connectivity index (χ4n) is 6.95. The van der Waals surface area contributed by atoms with Crippen LogP contribution in [-0.4, -0.2) is 96.5 Å². The largest absolute Gasteiger partial charge is 0.496 e. The summed E-state index contributed by atoms with van der Waals surface area (Å²) in [6.07, 6.45) is 1.45. The Hall–Kier alpha value is -5.28. The molecule has 56 heavy (non-hydrogen) atoms. The van der Waals surface area contributed by atoms with Gasteiger partial charge in [0.15, 0.2) is 23.0 Å². The summed E-state index contributed by atoms with van der Waals surface area (Å²) in [5.74, 6) is 2.14. The van der Waals surface area contributed by atoms with Gasteiger partial charge in [-0.2, -0.15) is 0 Å². The number of benzene rings is 4. The predicted octanol–water partition coefficient (Wildman–Crippen LogP) is 6.49. The van der Waals surface area contributed by atoms with Crippen LogP contribution in [0.4, 0.5) is 0 Å². The lowest BCUT2D eigenvalue weighted by Gasteiger charge is -2.40. The molecule has 2 heterocycles. The zero-order valence-corrected chi connectivity index (χ0v) is 33.1. The normalized spacial score (nSPS) is 15.9. The summed E-state index contributed by atoms with van der Waals surface area (Å²) < 4.78 is 83.9. The molecule has 0 spiro atoms. The van der Waals surface area contributed by atoms with E-state index < -0.39 is 11.6 Å². The van der Waals surface area contributed by atoms with Gasteiger partial charge in [0.05, 0.1) is 83.3 Å². The first-order valence-corrected chi connectivity index (χ1v) is 18.1. The standard InChI is InChI=1S/C42H50O14/c1-43-29-23-35(47-5)39(36(24-29)48-6)42(55-17-10-18-56-42)40-37(49-7)25-30(26-38(40)50-8)51-19-20-52-32-14-12-28(22-34(32)46-4)41(53-15-9-16-54-41)27-11-13-31(44-2)33(21-27)45-3/h11-14,21-26H,9-10,15-20H2,1-8H3. The lowest BCUT2D eigenvalue weighted by Crippen LogP contribution is -2.40. The number of ether oxygens (including phenoxy) is 14. The Morgan fingerprint density at radius 3 is 1.23 bits per heavy atom. The van der Waals surface area contributed by atoms with E-state index >= 15 is 0 Å². The van der Waals surface area contributed by atoms with Crippen molar-refractivity contribution in [2.45, 2.75) is 24.4 Å². The lowest BCUT2D eigenvalue weighted by atomic mass is 9.92. The molecule has 14 heteroatoms.